The Labute approximate surface area is 171 Å². The van der Waals surface area contributed by atoms with E-state index in [1.807, 2.05) is 31.2 Å². The van der Waals surface area contributed by atoms with Crippen LogP contribution in [-0.2, 0) is 6.54 Å². The van der Waals surface area contributed by atoms with Gasteiger partial charge in [-0.15, -0.1) is 11.3 Å². The Morgan fingerprint density at radius 3 is 2.43 bits per heavy atom. The Morgan fingerprint density at radius 2 is 1.75 bits per heavy atom. The van der Waals surface area contributed by atoms with Crippen molar-refractivity contribution in [2.24, 2.45) is 0 Å². The number of hydrogen-bond acceptors (Lipinski definition) is 3. The number of carbonyl (C=O) groups excluding carboxylic acids is 2. The smallest absolute Gasteiger partial charge is 0.261 e. The molecule has 0 spiro atoms. The molecule has 28 heavy (non-hydrogen) atoms. The normalized spacial score (nSPS) is 10.6. The molecule has 3 aromatic rings. The van der Waals surface area contributed by atoms with Gasteiger partial charge in [-0.05, 0) is 49.2 Å². The summed E-state index contributed by atoms with van der Waals surface area (Å²) in [6.07, 6.45) is 0. The van der Waals surface area contributed by atoms with Gasteiger partial charge < -0.3 is 10.6 Å². The highest BCUT2D eigenvalue weighted by atomic mass is 35.5. The highest BCUT2D eigenvalue weighted by Crippen LogP contribution is 2.28. The lowest BCUT2D eigenvalue weighted by Gasteiger charge is -2.05. The highest BCUT2D eigenvalue weighted by molar-refractivity contribution is 7.18. The van der Waals surface area contributed by atoms with Crippen LogP contribution >= 0.6 is 22.9 Å². The van der Waals surface area contributed by atoms with Crippen LogP contribution in [0.4, 0.5) is 9.39 Å². The number of nitrogens with one attached hydrogen (secondary N) is 2. The van der Waals surface area contributed by atoms with Crippen LogP contribution in [-0.4, -0.2) is 11.8 Å². The van der Waals surface area contributed by atoms with Crippen molar-refractivity contribution in [3.8, 4) is 0 Å². The zero-order valence-corrected chi connectivity index (χ0v) is 16.9. The predicted molar refractivity (Wildman–Crippen MR) is 111 cm³/mol. The maximum Gasteiger partial charge on any atom is 0.261 e. The average Bonchev–Trinajstić information content (AvgIpc) is 3.01. The lowest BCUT2D eigenvalue weighted by molar-refractivity contribution is 0.0953. The molecule has 1 aromatic heterocycles. The summed E-state index contributed by atoms with van der Waals surface area (Å²) >= 11 is 7.10. The van der Waals surface area contributed by atoms with E-state index in [9.17, 15) is 14.0 Å². The minimum absolute atomic E-state index is 0.0295. The predicted octanol–water partition coefficient (Wildman–Crippen LogP) is 5.34. The largest absolute Gasteiger partial charge is 0.347 e. The first-order valence-corrected chi connectivity index (χ1v) is 9.73. The van der Waals surface area contributed by atoms with Gasteiger partial charge in [-0.1, -0.05) is 41.4 Å². The highest BCUT2D eigenvalue weighted by Gasteiger charge is 2.17. The van der Waals surface area contributed by atoms with Crippen molar-refractivity contribution in [1.29, 1.82) is 0 Å². The van der Waals surface area contributed by atoms with Crippen molar-refractivity contribution >= 4 is 39.8 Å². The summed E-state index contributed by atoms with van der Waals surface area (Å²) < 4.78 is 13.1. The molecule has 2 N–H and O–H groups in total. The maximum absolute atomic E-state index is 13.1. The minimum atomic E-state index is -0.513. The Hall–Kier alpha value is -2.70. The third-order valence-corrected chi connectivity index (χ3v) is 5.57. The Balaban J connectivity index is 1.67. The first kappa shape index (κ1) is 20.0. The zero-order valence-electron chi connectivity index (χ0n) is 15.3. The van der Waals surface area contributed by atoms with Crippen molar-refractivity contribution in [3.63, 3.8) is 0 Å². The summed E-state index contributed by atoms with van der Waals surface area (Å²) in [7, 11) is 0. The topological polar surface area (TPSA) is 58.2 Å². The summed E-state index contributed by atoms with van der Waals surface area (Å²) in [4.78, 5) is 25.4. The quantitative estimate of drug-likeness (QED) is 0.589. The third-order valence-electron chi connectivity index (χ3n) is 4.11. The molecule has 1 heterocycles. The summed E-state index contributed by atoms with van der Waals surface area (Å²) in [5.74, 6) is -1.18. The fourth-order valence-electron chi connectivity index (χ4n) is 2.59. The van der Waals surface area contributed by atoms with E-state index in [2.05, 4.69) is 10.6 Å². The fourth-order valence-corrected chi connectivity index (χ4v) is 3.83. The van der Waals surface area contributed by atoms with Crippen LogP contribution in [0.5, 0.6) is 0 Å². The monoisotopic (exact) mass is 416 g/mol. The van der Waals surface area contributed by atoms with E-state index in [0.717, 1.165) is 22.8 Å². The molecule has 7 heteroatoms. The number of anilines is 1. The van der Waals surface area contributed by atoms with Gasteiger partial charge in [0.25, 0.3) is 11.8 Å². The number of rotatable bonds is 5. The molecule has 0 radical (unpaired) electrons. The van der Waals surface area contributed by atoms with Gasteiger partial charge in [-0.2, -0.15) is 0 Å². The van der Waals surface area contributed by atoms with Crippen LogP contribution in [0.1, 0.15) is 36.7 Å². The Bertz CT molecular complexity index is 1030. The summed E-state index contributed by atoms with van der Waals surface area (Å²) in [6, 6.07) is 13.2. The summed E-state index contributed by atoms with van der Waals surface area (Å²) in [5.41, 5.74) is 3.09. The lowest BCUT2D eigenvalue weighted by Crippen LogP contribution is -2.22. The molecule has 0 saturated carbocycles. The molecule has 0 aliphatic rings. The second-order valence-corrected chi connectivity index (χ2v) is 7.83. The van der Waals surface area contributed by atoms with Gasteiger partial charge in [0.15, 0.2) is 0 Å². The number of hydrogen-bond donors (Lipinski definition) is 2. The van der Waals surface area contributed by atoms with E-state index in [1.54, 1.807) is 13.0 Å². The molecule has 144 valence electrons. The third kappa shape index (κ3) is 4.77. The molecule has 4 nitrogen and oxygen atoms in total. The minimum Gasteiger partial charge on any atom is -0.347 e. The Kier molecular flexibility index (Phi) is 6.11. The van der Waals surface area contributed by atoms with Gasteiger partial charge in [0, 0.05) is 6.54 Å². The number of aryl methyl sites for hydroxylation is 2. The molecule has 3 rings (SSSR count). The molecule has 2 aromatic carbocycles. The van der Waals surface area contributed by atoms with E-state index in [4.69, 9.17) is 11.6 Å². The van der Waals surface area contributed by atoms with E-state index in [1.165, 1.54) is 23.5 Å². The number of carbonyl (C=O) groups is 2. The van der Waals surface area contributed by atoms with Gasteiger partial charge in [0.05, 0.1) is 20.5 Å². The molecule has 0 aliphatic heterocycles. The van der Waals surface area contributed by atoms with Crippen molar-refractivity contribution in [2.75, 3.05) is 5.32 Å². The van der Waals surface area contributed by atoms with Gasteiger partial charge in [0.2, 0.25) is 0 Å². The van der Waals surface area contributed by atoms with Crippen LogP contribution in [0.3, 0.4) is 0 Å². The molecule has 0 aliphatic carbocycles. The number of amides is 2. The summed E-state index contributed by atoms with van der Waals surface area (Å²) in [6.45, 7) is 4.23. The summed E-state index contributed by atoms with van der Waals surface area (Å²) in [5, 5.41) is 6.14. The molecule has 0 bridgehead atoms. The first-order valence-electron chi connectivity index (χ1n) is 8.54. The molecular weight excluding hydrogens is 399 g/mol. The zero-order chi connectivity index (χ0) is 20.3. The van der Waals surface area contributed by atoms with Crippen molar-refractivity contribution < 1.29 is 14.0 Å². The lowest BCUT2D eigenvalue weighted by atomic mass is 10.1. The molecule has 0 atom stereocenters. The molecule has 0 fully saturated rings. The van der Waals surface area contributed by atoms with Crippen LogP contribution in [0, 0.1) is 19.7 Å². The first-order chi connectivity index (χ1) is 13.3. The van der Waals surface area contributed by atoms with Gasteiger partial charge in [0.1, 0.15) is 5.82 Å². The van der Waals surface area contributed by atoms with Gasteiger partial charge >= 0.3 is 0 Å². The van der Waals surface area contributed by atoms with E-state index >= 15 is 0 Å². The van der Waals surface area contributed by atoms with Gasteiger partial charge in [-0.3, -0.25) is 9.59 Å². The van der Waals surface area contributed by atoms with Crippen LogP contribution in [0.2, 0.25) is 5.02 Å². The van der Waals surface area contributed by atoms with Crippen LogP contribution in [0.15, 0.2) is 48.5 Å². The average molecular weight is 417 g/mol. The van der Waals surface area contributed by atoms with Crippen LogP contribution in [0.25, 0.3) is 0 Å². The molecule has 0 saturated heterocycles. The van der Waals surface area contributed by atoms with Gasteiger partial charge in [-0.25, -0.2) is 4.39 Å². The second-order valence-electron chi connectivity index (χ2n) is 6.37. The van der Waals surface area contributed by atoms with Crippen molar-refractivity contribution in [3.05, 3.63) is 86.5 Å². The fraction of sp³-hybridized carbons (Fsp3) is 0.143. The van der Waals surface area contributed by atoms with Crippen LogP contribution < -0.4 is 10.6 Å². The molecule has 0 unspecified atom stereocenters. The number of thiophene rings is 1. The standard InChI is InChI=1S/C21H18ClFN2O2S/c1-12-3-5-14(6-4-12)11-24-21(27)19-13(2)9-18(28-19)25-20(26)16-8-7-15(23)10-17(16)22/h3-10H,11H2,1-2H3,(H,24,27)(H,25,26). The Morgan fingerprint density at radius 1 is 1.04 bits per heavy atom. The molecular formula is C21H18ClFN2O2S. The SMILES string of the molecule is Cc1ccc(CNC(=O)c2sc(NC(=O)c3ccc(F)cc3Cl)cc2C)cc1. The van der Waals surface area contributed by atoms with Crippen molar-refractivity contribution in [2.45, 2.75) is 20.4 Å². The molecule has 2 amide bonds. The maximum atomic E-state index is 13.1. The van der Waals surface area contributed by atoms with Crippen molar-refractivity contribution in [1.82, 2.24) is 5.32 Å². The number of halogens is 2. The number of benzene rings is 2. The van der Waals surface area contributed by atoms with E-state index in [-0.39, 0.29) is 16.5 Å². The second kappa shape index (κ2) is 8.54. The van der Waals surface area contributed by atoms with E-state index in [0.29, 0.717) is 16.4 Å². The van der Waals surface area contributed by atoms with E-state index < -0.39 is 11.7 Å².